The van der Waals surface area contributed by atoms with Crippen LogP contribution < -0.4 is 10.6 Å². The number of carbonyl (C=O) groups is 1. The second kappa shape index (κ2) is 5.12. The molecule has 4 heteroatoms. The van der Waals surface area contributed by atoms with Crippen molar-refractivity contribution in [1.29, 1.82) is 0 Å². The Morgan fingerprint density at radius 3 is 2.71 bits per heavy atom. The number of amides is 2. The molecule has 0 atom stereocenters. The van der Waals surface area contributed by atoms with Crippen molar-refractivity contribution < 1.29 is 9.59 Å². The molecule has 85 valence electrons. The molecule has 2 aromatic rings. The molecule has 1 radical (unpaired) electrons. The fourth-order valence-electron chi connectivity index (χ4n) is 1.68. The van der Waals surface area contributed by atoms with Crippen LogP contribution in [0.25, 0.3) is 10.8 Å². The summed E-state index contributed by atoms with van der Waals surface area (Å²) in [4.78, 5) is 21.8. The van der Waals surface area contributed by atoms with E-state index in [-0.39, 0.29) is 12.6 Å². The first kappa shape index (κ1) is 11.1. The van der Waals surface area contributed by atoms with Gasteiger partial charge in [-0.1, -0.05) is 36.4 Å². The van der Waals surface area contributed by atoms with Crippen LogP contribution in [0.15, 0.2) is 42.5 Å². The van der Waals surface area contributed by atoms with Crippen molar-refractivity contribution in [2.45, 2.75) is 0 Å². The average Bonchev–Trinajstić information content (AvgIpc) is 2.38. The summed E-state index contributed by atoms with van der Waals surface area (Å²) in [6.45, 7) is 0.0750. The Balaban J connectivity index is 2.28. The van der Waals surface area contributed by atoms with E-state index in [1.165, 1.54) is 6.41 Å². The average molecular weight is 227 g/mol. The molecule has 0 saturated carbocycles. The van der Waals surface area contributed by atoms with Gasteiger partial charge < -0.3 is 10.6 Å². The first-order chi connectivity index (χ1) is 8.33. The highest BCUT2D eigenvalue weighted by atomic mass is 16.2. The smallest absolute Gasteiger partial charge is 0.310 e. The molecule has 2 N–H and O–H groups in total. The summed E-state index contributed by atoms with van der Waals surface area (Å²) in [6, 6.07) is 13.2. The van der Waals surface area contributed by atoms with Crippen molar-refractivity contribution in [3.63, 3.8) is 0 Å². The van der Waals surface area contributed by atoms with E-state index >= 15 is 0 Å². The molecule has 2 aromatic carbocycles. The third-order valence-electron chi connectivity index (χ3n) is 2.44. The van der Waals surface area contributed by atoms with Crippen LogP contribution in [0, 0.1) is 0 Å². The minimum absolute atomic E-state index is 0.0750. The second-order valence-corrected chi connectivity index (χ2v) is 3.49. The topological polar surface area (TPSA) is 58.2 Å². The van der Waals surface area contributed by atoms with Crippen molar-refractivity contribution in [3.8, 4) is 0 Å². The van der Waals surface area contributed by atoms with Crippen LogP contribution in [-0.4, -0.2) is 19.0 Å². The third kappa shape index (κ3) is 2.42. The van der Waals surface area contributed by atoms with Gasteiger partial charge in [-0.25, -0.2) is 0 Å². The summed E-state index contributed by atoms with van der Waals surface area (Å²) in [7, 11) is 0. The molecule has 0 saturated heterocycles. The first-order valence-corrected chi connectivity index (χ1v) is 5.19. The van der Waals surface area contributed by atoms with Gasteiger partial charge in [-0.15, -0.1) is 0 Å². The molecule has 17 heavy (non-hydrogen) atoms. The molecule has 0 aromatic heterocycles. The zero-order valence-electron chi connectivity index (χ0n) is 9.07. The lowest BCUT2D eigenvalue weighted by Gasteiger charge is -2.07. The molecule has 0 spiro atoms. The van der Waals surface area contributed by atoms with Crippen LogP contribution >= 0.6 is 0 Å². The zero-order chi connectivity index (χ0) is 12.1. The van der Waals surface area contributed by atoms with Crippen molar-refractivity contribution >= 4 is 23.1 Å². The Kier molecular flexibility index (Phi) is 3.35. The van der Waals surface area contributed by atoms with Gasteiger partial charge >= 0.3 is 6.41 Å². The van der Waals surface area contributed by atoms with Gasteiger partial charge in [0, 0.05) is 5.56 Å². The quantitative estimate of drug-likeness (QED) is 0.468. The molecule has 0 aliphatic carbocycles. The van der Waals surface area contributed by atoms with E-state index in [1.54, 1.807) is 6.07 Å². The van der Waals surface area contributed by atoms with E-state index in [2.05, 4.69) is 10.6 Å². The summed E-state index contributed by atoms with van der Waals surface area (Å²) in [5.41, 5.74) is 0.593. The lowest BCUT2D eigenvalue weighted by Crippen LogP contribution is -2.33. The molecule has 2 rings (SSSR count). The van der Waals surface area contributed by atoms with Gasteiger partial charge in [0.25, 0.3) is 5.91 Å². The predicted molar refractivity (Wildman–Crippen MR) is 65.1 cm³/mol. The maximum Gasteiger partial charge on any atom is 0.310 e. The third-order valence-corrected chi connectivity index (χ3v) is 2.44. The van der Waals surface area contributed by atoms with E-state index < -0.39 is 0 Å². The van der Waals surface area contributed by atoms with Crippen molar-refractivity contribution in [2.24, 2.45) is 0 Å². The van der Waals surface area contributed by atoms with Gasteiger partial charge in [0.2, 0.25) is 0 Å². The molecule has 0 fully saturated rings. The highest BCUT2D eigenvalue weighted by Gasteiger charge is 2.08. The van der Waals surface area contributed by atoms with Gasteiger partial charge in [0.1, 0.15) is 0 Å². The van der Waals surface area contributed by atoms with E-state index in [4.69, 9.17) is 0 Å². The number of fused-ring (bicyclic) bond motifs is 1. The highest BCUT2D eigenvalue weighted by molar-refractivity contribution is 6.06. The van der Waals surface area contributed by atoms with Crippen LogP contribution in [0.3, 0.4) is 0 Å². The standard InChI is InChI=1S/C13H11N2O2/c16-9-14-8-15-13(17)12-7-3-5-10-4-1-2-6-11(10)12/h1-7H,8H2,(H,14,16)(H,15,17). The Morgan fingerprint density at radius 1 is 1.12 bits per heavy atom. The SMILES string of the molecule is O=[C]NCNC(=O)c1cccc2ccccc12. The summed E-state index contributed by atoms with van der Waals surface area (Å²) in [6.07, 6.45) is 1.50. The number of benzene rings is 2. The summed E-state index contributed by atoms with van der Waals surface area (Å²) < 4.78 is 0. The number of rotatable bonds is 4. The van der Waals surface area contributed by atoms with E-state index in [1.807, 2.05) is 36.4 Å². The lowest BCUT2D eigenvalue weighted by atomic mass is 10.0. The number of nitrogens with one attached hydrogen (secondary N) is 2. The minimum atomic E-state index is -0.218. The van der Waals surface area contributed by atoms with Gasteiger partial charge in [-0.3, -0.25) is 9.59 Å². The maximum absolute atomic E-state index is 11.9. The van der Waals surface area contributed by atoms with Crippen molar-refractivity contribution in [1.82, 2.24) is 10.6 Å². The molecule has 2 amide bonds. The molecule has 0 aliphatic rings. The van der Waals surface area contributed by atoms with Crippen LogP contribution in [0.2, 0.25) is 0 Å². The molecule has 4 nitrogen and oxygen atoms in total. The predicted octanol–water partition coefficient (Wildman–Crippen LogP) is 1.18. The second-order valence-electron chi connectivity index (χ2n) is 3.49. The van der Waals surface area contributed by atoms with Crippen LogP contribution in [0.4, 0.5) is 0 Å². The Hall–Kier alpha value is -2.36. The van der Waals surface area contributed by atoms with Crippen LogP contribution in [-0.2, 0) is 4.79 Å². The number of carbonyl (C=O) groups excluding carboxylic acids is 2. The van der Waals surface area contributed by atoms with Gasteiger partial charge in [0.05, 0.1) is 6.67 Å². The van der Waals surface area contributed by atoms with Crippen LogP contribution in [0.1, 0.15) is 10.4 Å². The van der Waals surface area contributed by atoms with Gasteiger partial charge in [0.15, 0.2) is 0 Å². The zero-order valence-corrected chi connectivity index (χ0v) is 9.07. The summed E-state index contributed by atoms with van der Waals surface area (Å²) in [5.74, 6) is -0.218. The molecule has 0 unspecified atom stereocenters. The number of hydrogen-bond acceptors (Lipinski definition) is 2. The molecule has 0 heterocycles. The molecular formula is C13H11N2O2. The lowest BCUT2D eigenvalue weighted by molar-refractivity contribution is 0.0954. The monoisotopic (exact) mass is 227 g/mol. The first-order valence-electron chi connectivity index (χ1n) is 5.19. The fraction of sp³-hybridized carbons (Fsp3) is 0.0769. The maximum atomic E-state index is 11.9. The largest absolute Gasteiger partial charge is 0.335 e. The Labute approximate surface area is 98.6 Å². The van der Waals surface area contributed by atoms with Crippen molar-refractivity contribution in [2.75, 3.05) is 6.67 Å². The van der Waals surface area contributed by atoms with Crippen LogP contribution in [0.5, 0.6) is 0 Å². The van der Waals surface area contributed by atoms with Gasteiger partial charge in [-0.2, -0.15) is 0 Å². The highest BCUT2D eigenvalue weighted by Crippen LogP contribution is 2.17. The Bertz CT molecular complexity index is 547. The van der Waals surface area contributed by atoms with Crippen molar-refractivity contribution in [3.05, 3.63) is 48.0 Å². The van der Waals surface area contributed by atoms with E-state index in [0.717, 1.165) is 10.8 Å². The van der Waals surface area contributed by atoms with E-state index in [9.17, 15) is 9.59 Å². The molecule has 0 bridgehead atoms. The molecular weight excluding hydrogens is 216 g/mol. The van der Waals surface area contributed by atoms with E-state index in [0.29, 0.717) is 5.56 Å². The Morgan fingerprint density at radius 2 is 1.88 bits per heavy atom. The normalized spacial score (nSPS) is 9.88. The minimum Gasteiger partial charge on any atom is -0.335 e. The summed E-state index contributed by atoms with van der Waals surface area (Å²) >= 11 is 0. The van der Waals surface area contributed by atoms with Gasteiger partial charge in [-0.05, 0) is 16.8 Å². The fourth-order valence-corrected chi connectivity index (χ4v) is 1.68. The molecule has 0 aliphatic heterocycles. The summed E-state index contributed by atoms with van der Waals surface area (Å²) in [5, 5.41) is 6.74. The number of hydrogen-bond donors (Lipinski definition) is 2.